The van der Waals surface area contributed by atoms with Gasteiger partial charge in [0.1, 0.15) is 11.3 Å². The first-order valence-corrected chi connectivity index (χ1v) is 9.50. The van der Waals surface area contributed by atoms with Gasteiger partial charge in [0.15, 0.2) is 5.65 Å². The summed E-state index contributed by atoms with van der Waals surface area (Å²) in [4.78, 5) is 21.9. The summed E-state index contributed by atoms with van der Waals surface area (Å²) in [6.45, 7) is 2.57. The van der Waals surface area contributed by atoms with Crippen molar-refractivity contribution in [1.29, 1.82) is 0 Å². The minimum Gasteiger partial charge on any atom is -0.310 e. The van der Waals surface area contributed by atoms with E-state index in [1.54, 1.807) is 0 Å². The highest BCUT2D eigenvalue weighted by Crippen LogP contribution is 2.40. The van der Waals surface area contributed by atoms with Gasteiger partial charge in [-0.2, -0.15) is 5.10 Å². The number of aryl methyl sites for hydroxylation is 1. The molecule has 1 amide bonds. The van der Waals surface area contributed by atoms with Crippen LogP contribution in [0.25, 0.3) is 16.7 Å². The lowest BCUT2D eigenvalue weighted by Crippen LogP contribution is -2.16. The summed E-state index contributed by atoms with van der Waals surface area (Å²) < 4.78 is 30.0. The highest BCUT2D eigenvalue weighted by molar-refractivity contribution is 6.08. The zero-order valence-electron chi connectivity index (χ0n) is 15.6. The van der Waals surface area contributed by atoms with Crippen LogP contribution >= 0.6 is 0 Å². The molecule has 0 unspecified atom stereocenters. The van der Waals surface area contributed by atoms with Crippen LogP contribution in [0.4, 0.5) is 14.7 Å². The van der Waals surface area contributed by atoms with Crippen LogP contribution in [0.1, 0.15) is 53.9 Å². The Bertz CT molecular complexity index is 1240. The number of amides is 1. The second kappa shape index (κ2) is 6.61. The van der Waals surface area contributed by atoms with Crippen molar-refractivity contribution in [3.63, 3.8) is 0 Å². The van der Waals surface area contributed by atoms with Gasteiger partial charge in [0, 0.05) is 18.2 Å². The van der Waals surface area contributed by atoms with E-state index >= 15 is 0 Å². The van der Waals surface area contributed by atoms with Gasteiger partial charge in [0.2, 0.25) is 5.95 Å². The maximum absolute atomic E-state index is 13.5. The third kappa shape index (κ3) is 2.93. The molecule has 0 bridgehead atoms. The quantitative estimate of drug-likeness (QED) is 0.549. The molecule has 9 heteroatoms. The number of imidazole rings is 1. The molecule has 1 aliphatic rings. The number of nitrogens with one attached hydrogen (secondary N) is 1. The molecular formula is C20H18F2N6O. The molecule has 0 spiro atoms. The Morgan fingerprint density at radius 1 is 1.28 bits per heavy atom. The Morgan fingerprint density at radius 3 is 2.79 bits per heavy atom. The van der Waals surface area contributed by atoms with Crippen LogP contribution in [0.2, 0.25) is 0 Å². The number of hydrogen-bond acceptors (Lipinski definition) is 4. The Balaban J connectivity index is 1.57. The van der Waals surface area contributed by atoms with E-state index in [4.69, 9.17) is 0 Å². The second-order valence-corrected chi connectivity index (χ2v) is 7.10. The Morgan fingerprint density at radius 2 is 2.07 bits per heavy atom. The van der Waals surface area contributed by atoms with E-state index in [9.17, 15) is 13.6 Å². The largest absolute Gasteiger partial charge is 0.310 e. The highest BCUT2D eigenvalue weighted by atomic mass is 19.3. The van der Waals surface area contributed by atoms with Crippen LogP contribution in [0.15, 0.2) is 36.5 Å². The minimum absolute atomic E-state index is 0.140. The lowest BCUT2D eigenvalue weighted by atomic mass is 10.2. The summed E-state index contributed by atoms with van der Waals surface area (Å²) in [7, 11) is 0. The zero-order chi connectivity index (χ0) is 20.1. The molecule has 1 saturated carbocycles. The zero-order valence-corrected chi connectivity index (χ0v) is 15.6. The average molecular weight is 396 g/mol. The lowest BCUT2D eigenvalue weighted by Gasteiger charge is -2.09. The first-order chi connectivity index (χ1) is 14.1. The number of para-hydroxylation sites is 2. The molecule has 3 aromatic heterocycles. The third-order valence-corrected chi connectivity index (χ3v) is 5.18. The van der Waals surface area contributed by atoms with Crippen molar-refractivity contribution < 1.29 is 13.6 Å². The predicted octanol–water partition coefficient (Wildman–Crippen LogP) is 4.17. The van der Waals surface area contributed by atoms with Crippen molar-refractivity contribution in [2.24, 2.45) is 0 Å². The van der Waals surface area contributed by atoms with Crippen LogP contribution in [0, 0.1) is 0 Å². The van der Waals surface area contributed by atoms with E-state index in [1.165, 1.54) is 12.3 Å². The van der Waals surface area contributed by atoms with Gasteiger partial charge in [-0.15, -0.1) is 0 Å². The first kappa shape index (κ1) is 17.7. The molecule has 7 nitrogen and oxygen atoms in total. The van der Waals surface area contributed by atoms with Crippen LogP contribution in [-0.2, 0) is 6.54 Å². The van der Waals surface area contributed by atoms with Crippen molar-refractivity contribution in [2.75, 3.05) is 5.32 Å². The molecule has 29 heavy (non-hydrogen) atoms. The molecular weight excluding hydrogens is 378 g/mol. The van der Waals surface area contributed by atoms with E-state index in [0.717, 1.165) is 28.4 Å². The molecule has 1 N–H and O–H groups in total. The van der Waals surface area contributed by atoms with Gasteiger partial charge in [-0.25, -0.2) is 23.3 Å². The third-order valence-electron chi connectivity index (χ3n) is 5.18. The number of benzene rings is 1. The maximum Gasteiger partial charge on any atom is 0.280 e. The summed E-state index contributed by atoms with van der Waals surface area (Å²) in [5, 5.41) is 6.79. The standard InChI is InChI=1S/C20H18F2N6O/c1-2-27-15-6-4-3-5-13(15)25-20(27)26-19(29)12-10-23-28-16(17(21)22)9-14(11-7-8-11)24-18(12)28/h3-6,9-11,17H,2,7-8H2,1H3,(H,25,26,29). The van der Waals surface area contributed by atoms with Crippen molar-refractivity contribution >= 4 is 28.5 Å². The fourth-order valence-corrected chi connectivity index (χ4v) is 3.57. The molecule has 3 heterocycles. The molecule has 1 aliphatic carbocycles. The normalized spacial score (nSPS) is 14.2. The predicted molar refractivity (Wildman–Crippen MR) is 103 cm³/mol. The molecule has 0 atom stereocenters. The molecule has 5 rings (SSSR count). The summed E-state index contributed by atoms with van der Waals surface area (Å²) in [5.74, 6) is 0.0868. The van der Waals surface area contributed by atoms with Crippen molar-refractivity contribution in [3.8, 4) is 0 Å². The number of fused-ring (bicyclic) bond motifs is 2. The van der Waals surface area contributed by atoms with Crippen LogP contribution < -0.4 is 5.32 Å². The van der Waals surface area contributed by atoms with Gasteiger partial charge >= 0.3 is 0 Å². The number of anilines is 1. The van der Waals surface area contributed by atoms with Gasteiger partial charge in [0.05, 0.1) is 17.2 Å². The molecule has 0 saturated heterocycles. The van der Waals surface area contributed by atoms with E-state index < -0.39 is 12.3 Å². The maximum atomic E-state index is 13.5. The van der Waals surface area contributed by atoms with Gasteiger partial charge < -0.3 is 4.57 Å². The molecule has 1 aromatic carbocycles. The summed E-state index contributed by atoms with van der Waals surface area (Å²) in [6.07, 6.45) is 0.404. The SMILES string of the molecule is CCn1c(NC(=O)c2cnn3c(C(F)F)cc(C4CC4)nc23)nc2ccccc21. The van der Waals surface area contributed by atoms with Crippen molar-refractivity contribution in [1.82, 2.24) is 24.1 Å². The van der Waals surface area contributed by atoms with Crippen LogP contribution in [-0.4, -0.2) is 30.1 Å². The van der Waals surface area contributed by atoms with E-state index in [-0.39, 0.29) is 22.8 Å². The Kier molecular flexibility index (Phi) is 4.04. The molecule has 4 aromatic rings. The topological polar surface area (TPSA) is 77.1 Å². The molecule has 148 valence electrons. The molecule has 1 fully saturated rings. The van der Waals surface area contributed by atoms with Gasteiger partial charge in [-0.3, -0.25) is 10.1 Å². The number of alkyl halides is 2. The Labute approximate surface area is 164 Å². The monoisotopic (exact) mass is 396 g/mol. The number of nitrogens with zero attached hydrogens (tertiary/aromatic N) is 5. The number of carbonyl (C=O) groups is 1. The Hall–Kier alpha value is -3.36. The van der Waals surface area contributed by atoms with E-state index in [1.807, 2.05) is 35.8 Å². The van der Waals surface area contributed by atoms with Gasteiger partial charge in [-0.1, -0.05) is 12.1 Å². The van der Waals surface area contributed by atoms with E-state index in [0.29, 0.717) is 18.2 Å². The number of hydrogen-bond donors (Lipinski definition) is 1. The first-order valence-electron chi connectivity index (χ1n) is 9.50. The molecule has 0 aliphatic heterocycles. The van der Waals surface area contributed by atoms with Crippen molar-refractivity contribution in [2.45, 2.75) is 38.7 Å². The van der Waals surface area contributed by atoms with Gasteiger partial charge in [0.25, 0.3) is 12.3 Å². The summed E-state index contributed by atoms with van der Waals surface area (Å²) in [6, 6.07) is 8.96. The van der Waals surface area contributed by atoms with Crippen molar-refractivity contribution in [3.05, 3.63) is 53.5 Å². The van der Waals surface area contributed by atoms with E-state index in [2.05, 4.69) is 20.4 Å². The van der Waals surface area contributed by atoms with Gasteiger partial charge in [-0.05, 0) is 38.0 Å². The number of rotatable bonds is 5. The van der Waals surface area contributed by atoms with Crippen LogP contribution in [0.5, 0.6) is 0 Å². The smallest absolute Gasteiger partial charge is 0.280 e. The lowest BCUT2D eigenvalue weighted by molar-refractivity contribution is 0.102. The number of halogens is 2. The number of aromatic nitrogens is 5. The van der Waals surface area contributed by atoms with Crippen LogP contribution in [0.3, 0.4) is 0 Å². The number of carbonyl (C=O) groups excluding carboxylic acids is 1. The minimum atomic E-state index is -2.71. The summed E-state index contributed by atoms with van der Waals surface area (Å²) >= 11 is 0. The fraction of sp³-hybridized carbons (Fsp3) is 0.300. The second-order valence-electron chi connectivity index (χ2n) is 7.10. The fourth-order valence-electron chi connectivity index (χ4n) is 3.57. The highest BCUT2D eigenvalue weighted by Gasteiger charge is 2.29. The molecule has 0 radical (unpaired) electrons. The average Bonchev–Trinajstić information content (AvgIpc) is 3.38. The summed E-state index contributed by atoms with van der Waals surface area (Å²) in [5.41, 5.74) is 2.28.